The van der Waals surface area contributed by atoms with E-state index in [4.69, 9.17) is 11.6 Å². The molecule has 1 N–H and O–H groups in total. The number of nitrogens with one attached hydrogen (secondary N) is 1. The van der Waals surface area contributed by atoms with Crippen LogP contribution in [0.4, 0.5) is 8.78 Å². The first kappa shape index (κ1) is 13.7. The highest BCUT2D eigenvalue weighted by Gasteiger charge is 2.42. The van der Waals surface area contributed by atoms with Gasteiger partial charge in [0.15, 0.2) is 0 Å². The van der Waals surface area contributed by atoms with Crippen LogP contribution in [0.2, 0.25) is 0 Å². The molecule has 0 saturated heterocycles. The molecule has 0 amide bonds. The van der Waals surface area contributed by atoms with Crippen molar-refractivity contribution >= 4 is 21.6 Å². The molecular formula is C11H12ClF2NO2S. The predicted octanol–water partition coefficient (Wildman–Crippen LogP) is 2.26. The molecule has 0 spiro atoms. The SMILES string of the molecule is O=S(=O)(NCC1(CCl)CC1)c1cc(F)ccc1F. The third-order valence-electron chi connectivity index (χ3n) is 3.06. The Morgan fingerprint density at radius 3 is 2.56 bits per heavy atom. The minimum Gasteiger partial charge on any atom is -0.210 e. The van der Waals surface area contributed by atoms with E-state index in [1.807, 2.05) is 0 Å². The fourth-order valence-electron chi connectivity index (χ4n) is 1.54. The maximum Gasteiger partial charge on any atom is 0.243 e. The Kier molecular flexibility index (Phi) is 3.62. The molecule has 0 aromatic heterocycles. The minimum atomic E-state index is -4.04. The molecule has 0 aliphatic heterocycles. The number of hydrogen-bond acceptors (Lipinski definition) is 2. The highest BCUT2D eigenvalue weighted by Crippen LogP contribution is 2.46. The summed E-state index contributed by atoms with van der Waals surface area (Å²) in [6.45, 7) is 0.148. The van der Waals surface area contributed by atoms with Crippen molar-refractivity contribution in [1.82, 2.24) is 4.72 Å². The molecule has 1 aromatic rings. The fourth-order valence-corrected chi connectivity index (χ4v) is 3.15. The van der Waals surface area contributed by atoms with Crippen LogP contribution < -0.4 is 4.72 Å². The molecule has 1 aliphatic carbocycles. The Hall–Kier alpha value is -0.720. The zero-order valence-electron chi connectivity index (χ0n) is 9.42. The second-order valence-corrected chi connectivity index (χ2v) is 6.54. The molecule has 0 radical (unpaired) electrons. The average molecular weight is 296 g/mol. The average Bonchev–Trinajstić information content (AvgIpc) is 3.11. The van der Waals surface area contributed by atoms with Crippen molar-refractivity contribution in [3.8, 4) is 0 Å². The first-order valence-corrected chi connectivity index (χ1v) is 7.41. The van der Waals surface area contributed by atoms with E-state index in [1.54, 1.807) is 0 Å². The number of hydrogen-bond donors (Lipinski definition) is 1. The third-order valence-corrected chi connectivity index (χ3v) is 5.04. The number of benzene rings is 1. The molecule has 0 unspecified atom stereocenters. The van der Waals surface area contributed by atoms with Gasteiger partial charge in [0, 0.05) is 12.4 Å². The normalized spacial score (nSPS) is 17.7. The van der Waals surface area contributed by atoms with Gasteiger partial charge in [0.25, 0.3) is 0 Å². The zero-order chi connectivity index (χ0) is 13.4. The van der Waals surface area contributed by atoms with Gasteiger partial charge in [0.1, 0.15) is 16.5 Å². The van der Waals surface area contributed by atoms with Gasteiger partial charge >= 0.3 is 0 Å². The van der Waals surface area contributed by atoms with Crippen molar-refractivity contribution in [3.05, 3.63) is 29.8 Å². The molecule has 1 aromatic carbocycles. The molecule has 0 bridgehead atoms. The van der Waals surface area contributed by atoms with Crippen molar-refractivity contribution in [2.75, 3.05) is 12.4 Å². The Morgan fingerprint density at radius 2 is 2.00 bits per heavy atom. The number of alkyl halides is 1. The first-order valence-electron chi connectivity index (χ1n) is 5.39. The largest absolute Gasteiger partial charge is 0.243 e. The molecule has 2 rings (SSSR count). The second kappa shape index (κ2) is 4.75. The minimum absolute atomic E-state index is 0.148. The van der Waals surface area contributed by atoms with Crippen LogP contribution in [-0.4, -0.2) is 20.8 Å². The van der Waals surface area contributed by atoms with Gasteiger partial charge in [-0.05, 0) is 36.5 Å². The van der Waals surface area contributed by atoms with Crippen LogP contribution in [0.1, 0.15) is 12.8 Å². The van der Waals surface area contributed by atoms with Gasteiger partial charge in [-0.25, -0.2) is 21.9 Å². The summed E-state index contributed by atoms with van der Waals surface area (Å²) in [5, 5.41) is 0. The van der Waals surface area contributed by atoms with Crippen molar-refractivity contribution in [2.24, 2.45) is 5.41 Å². The molecule has 1 fully saturated rings. The fraction of sp³-hybridized carbons (Fsp3) is 0.455. The number of halogens is 3. The van der Waals surface area contributed by atoms with E-state index in [0.29, 0.717) is 11.9 Å². The van der Waals surface area contributed by atoms with Crippen LogP contribution in [-0.2, 0) is 10.0 Å². The third kappa shape index (κ3) is 2.81. The summed E-state index contributed by atoms with van der Waals surface area (Å²) in [4.78, 5) is -0.673. The summed E-state index contributed by atoms with van der Waals surface area (Å²) >= 11 is 5.72. The molecule has 0 heterocycles. The molecule has 0 atom stereocenters. The van der Waals surface area contributed by atoms with Crippen molar-refractivity contribution in [2.45, 2.75) is 17.7 Å². The lowest BCUT2D eigenvalue weighted by Crippen LogP contribution is -2.31. The lowest BCUT2D eigenvalue weighted by molar-refractivity contribution is 0.521. The van der Waals surface area contributed by atoms with E-state index in [0.717, 1.165) is 25.0 Å². The van der Waals surface area contributed by atoms with Crippen LogP contribution in [0.25, 0.3) is 0 Å². The van der Waals surface area contributed by atoms with Gasteiger partial charge in [-0.1, -0.05) is 0 Å². The Labute approximate surface area is 109 Å². The number of rotatable bonds is 5. The van der Waals surface area contributed by atoms with E-state index in [1.165, 1.54) is 0 Å². The van der Waals surface area contributed by atoms with Gasteiger partial charge in [0.05, 0.1) is 0 Å². The zero-order valence-corrected chi connectivity index (χ0v) is 11.0. The van der Waals surface area contributed by atoms with Gasteiger partial charge in [-0.15, -0.1) is 11.6 Å². The van der Waals surface area contributed by atoms with E-state index in [2.05, 4.69) is 4.72 Å². The summed E-state index contributed by atoms with van der Waals surface area (Å²) in [7, 11) is -4.04. The summed E-state index contributed by atoms with van der Waals surface area (Å²) in [6.07, 6.45) is 1.68. The van der Waals surface area contributed by atoms with E-state index in [9.17, 15) is 17.2 Å². The maximum absolute atomic E-state index is 13.4. The molecule has 1 saturated carbocycles. The first-order chi connectivity index (χ1) is 8.38. The highest BCUT2D eigenvalue weighted by atomic mass is 35.5. The van der Waals surface area contributed by atoms with Crippen LogP contribution >= 0.6 is 11.6 Å². The predicted molar refractivity (Wildman–Crippen MR) is 63.9 cm³/mol. The quantitative estimate of drug-likeness (QED) is 0.847. The van der Waals surface area contributed by atoms with Gasteiger partial charge in [-0.2, -0.15) is 0 Å². The summed E-state index contributed by atoms with van der Waals surface area (Å²) in [5.74, 6) is -1.42. The van der Waals surface area contributed by atoms with Gasteiger partial charge in [0.2, 0.25) is 10.0 Å². The lowest BCUT2D eigenvalue weighted by atomic mass is 10.1. The van der Waals surface area contributed by atoms with Crippen LogP contribution in [0.5, 0.6) is 0 Å². The maximum atomic E-state index is 13.4. The molecule has 18 heavy (non-hydrogen) atoms. The Morgan fingerprint density at radius 1 is 1.33 bits per heavy atom. The Balaban J connectivity index is 2.18. The summed E-state index contributed by atoms with van der Waals surface area (Å²) < 4.78 is 52.3. The van der Waals surface area contributed by atoms with Gasteiger partial charge in [-0.3, -0.25) is 0 Å². The van der Waals surface area contributed by atoms with Crippen molar-refractivity contribution in [1.29, 1.82) is 0 Å². The summed E-state index contributed by atoms with van der Waals surface area (Å²) in [5.41, 5.74) is -0.224. The van der Waals surface area contributed by atoms with Gasteiger partial charge < -0.3 is 0 Å². The van der Waals surface area contributed by atoms with Crippen molar-refractivity contribution in [3.63, 3.8) is 0 Å². The standard InChI is InChI=1S/C11H12ClF2NO2S/c12-6-11(3-4-11)7-15-18(16,17)10-5-8(13)1-2-9(10)14/h1-2,5,15H,3-4,6-7H2. The van der Waals surface area contributed by atoms with Crippen LogP contribution in [0, 0.1) is 17.0 Å². The monoisotopic (exact) mass is 295 g/mol. The number of sulfonamides is 1. The van der Waals surface area contributed by atoms with Crippen LogP contribution in [0.15, 0.2) is 23.1 Å². The molecular weight excluding hydrogens is 284 g/mol. The second-order valence-electron chi connectivity index (χ2n) is 4.53. The molecule has 100 valence electrons. The van der Waals surface area contributed by atoms with Crippen LogP contribution in [0.3, 0.4) is 0 Å². The lowest BCUT2D eigenvalue weighted by Gasteiger charge is -2.13. The molecule has 3 nitrogen and oxygen atoms in total. The van der Waals surface area contributed by atoms with E-state index < -0.39 is 26.6 Å². The highest BCUT2D eigenvalue weighted by molar-refractivity contribution is 7.89. The smallest absolute Gasteiger partial charge is 0.210 e. The Bertz CT molecular complexity index is 558. The van der Waals surface area contributed by atoms with Crippen molar-refractivity contribution < 1.29 is 17.2 Å². The topological polar surface area (TPSA) is 46.2 Å². The molecule has 7 heteroatoms. The van der Waals surface area contributed by atoms with E-state index >= 15 is 0 Å². The molecule has 1 aliphatic rings. The van der Waals surface area contributed by atoms with E-state index in [-0.39, 0.29) is 12.0 Å². The summed E-state index contributed by atoms with van der Waals surface area (Å²) in [6, 6.07) is 2.33.